The zero-order valence-corrected chi connectivity index (χ0v) is 12.9. The Kier molecular flexibility index (Phi) is 5.71. The normalized spacial score (nSPS) is 18.1. The molecule has 1 saturated carbocycles. The third kappa shape index (κ3) is 3.83. The van der Waals surface area contributed by atoms with Gasteiger partial charge in [0.1, 0.15) is 0 Å². The number of halogens is 1. The number of benzene rings is 1. The Morgan fingerprint density at radius 1 is 1.28 bits per heavy atom. The smallest absolute Gasteiger partial charge is 0.0334 e. The lowest BCUT2D eigenvalue weighted by molar-refractivity contribution is 0.394. The van der Waals surface area contributed by atoms with Gasteiger partial charge >= 0.3 is 0 Å². The van der Waals surface area contributed by atoms with Crippen LogP contribution < -0.4 is 5.32 Å². The van der Waals surface area contributed by atoms with Crippen LogP contribution in [0.4, 0.5) is 0 Å². The van der Waals surface area contributed by atoms with Gasteiger partial charge in [-0.05, 0) is 36.9 Å². The highest BCUT2D eigenvalue weighted by Gasteiger charge is 2.21. The van der Waals surface area contributed by atoms with E-state index in [4.69, 9.17) is 0 Å². The van der Waals surface area contributed by atoms with E-state index in [0.717, 1.165) is 12.5 Å². The van der Waals surface area contributed by atoms with Gasteiger partial charge in [-0.15, -0.1) is 0 Å². The van der Waals surface area contributed by atoms with Crippen molar-refractivity contribution in [3.8, 4) is 0 Å². The summed E-state index contributed by atoms with van der Waals surface area (Å²) in [7, 11) is 0. The quantitative estimate of drug-likeness (QED) is 0.773. The highest BCUT2D eigenvalue weighted by Crippen LogP contribution is 2.35. The monoisotopic (exact) mass is 309 g/mol. The van der Waals surface area contributed by atoms with Crippen LogP contribution >= 0.6 is 15.9 Å². The second-order valence-corrected chi connectivity index (χ2v) is 6.27. The van der Waals surface area contributed by atoms with E-state index >= 15 is 0 Å². The molecule has 0 saturated heterocycles. The van der Waals surface area contributed by atoms with Gasteiger partial charge in [0.05, 0.1) is 0 Å². The van der Waals surface area contributed by atoms with Crippen molar-refractivity contribution in [1.82, 2.24) is 5.32 Å². The van der Waals surface area contributed by atoms with Crippen LogP contribution in [0.15, 0.2) is 28.7 Å². The lowest BCUT2D eigenvalue weighted by Gasteiger charge is -2.23. The molecule has 0 aromatic heterocycles. The summed E-state index contributed by atoms with van der Waals surface area (Å²) in [5.41, 5.74) is 1.43. The molecule has 1 fully saturated rings. The molecule has 0 aliphatic heterocycles. The standard InChI is InChI=1S/C16H24BrN/c1-2-11-18-16(12-13-7-3-4-8-13)14-9-5-6-10-15(14)17/h5-6,9-10,13,16,18H,2-4,7-8,11-12H2,1H3. The zero-order chi connectivity index (χ0) is 12.8. The molecule has 0 radical (unpaired) electrons. The maximum absolute atomic E-state index is 3.72. The number of nitrogens with one attached hydrogen (secondary N) is 1. The van der Waals surface area contributed by atoms with E-state index in [0.29, 0.717) is 6.04 Å². The fraction of sp³-hybridized carbons (Fsp3) is 0.625. The molecule has 0 spiro atoms. The minimum atomic E-state index is 0.517. The Bertz CT molecular complexity index is 358. The molecule has 1 nitrogen and oxygen atoms in total. The second kappa shape index (κ2) is 7.30. The van der Waals surface area contributed by atoms with E-state index < -0.39 is 0 Å². The highest BCUT2D eigenvalue weighted by atomic mass is 79.9. The summed E-state index contributed by atoms with van der Waals surface area (Å²) in [5, 5.41) is 3.72. The minimum Gasteiger partial charge on any atom is -0.310 e. The van der Waals surface area contributed by atoms with Crippen molar-refractivity contribution in [2.45, 2.75) is 51.5 Å². The molecule has 1 unspecified atom stereocenters. The maximum Gasteiger partial charge on any atom is 0.0334 e. The topological polar surface area (TPSA) is 12.0 Å². The van der Waals surface area contributed by atoms with Crippen LogP contribution in [0.5, 0.6) is 0 Å². The van der Waals surface area contributed by atoms with Crippen molar-refractivity contribution in [1.29, 1.82) is 0 Å². The SMILES string of the molecule is CCCNC(CC1CCCC1)c1ccccc1Br. The third-order valence-corrected chi connectivity index (χ3v) is 4.69. The van der Waals surface area contributed by atoms with Gasteiger partial charge in [-0.3, -0.25) is 0 Å². The summed E-state index contributed by atoms with van der Waals surface area (Å²) >= 11 is 3.70. The van der Waals surface area contributed by atoms with Gasteiger partial charge in [0.2, 0.25) is 0 Å². The van der Waals surface area contributed by atoms with Crippen LogP contribution in [-0.4, -0.2) is 6.54 Å². The maximum atomic E-state index is 3.72. The van der Waals surface area contributed by atoms with Crippen LogP contribution in [0.2, 0.25) is 0 Å². The highest BCUT2D eigenvalue weighted by molar-refractivity contribution is 9.10. The summed E-state index contributed by atoms with van der Waals surface area (Å²) < 4.78 is 1.25. The molecular formula is C16H24BrN. The molecule has 2 rings (SSSR count). The number of hydrogen-bond acceptors (Lipinski definition) is 1. The van der Waals surface area contributed by atoms with Crippen LogP contribution in [-0.2, 0) is 0 Å². The number of hydrogen-bond donors (Lipinski definition) is 1. The van der Waals surface area contributed by atoms with Gasteiger partial charge in [-0.25, -0.2) is 0 Å². The summed E-state index contributed by atoms with van der Waals surface area (Å²) in [6.45, 7) is 3.35. The van der Waals surface area contributed by atoms with Gasteiger partial charge in [0.25, 0.3) is 0 Å². The van der Waals surface area contributed by atoms with E-state index in [9.17, 15) is 0 Å². The van der Waals surface area contributed by atoms with Crippen molar-refractivity contribution in [2.24, 2.45) is 5.92 Å². The molecule has 18 heavy (non-hydrogen) atoms. The Labute approximate surface area is 119 Å². The Morgan fingerprint density at radius 2 is 2.00 bits per heavy atom. The molecule has 1 aliphatic carbocycles. The molecule has 2 heteroatoms. The van der Waals surface area contributed by atoms with Crippen LogP contribution in [0, 0.1) is 5.92 Å². The molecule has 0 amide bonds. The molecule has 100 valence electrons. The van der Waals surface area contributed by atoms with Gasteiger partial charge in [-0.2, -0.15) is 0 Å². The van der Waals surface area contributed by atoms with Crippen molar-refractivity contribution in [2.75, 3.05) is 6.54 Å². The van der Waals surface area contributed by atoms with Crippen LogP contribution in [0.25, 0.3) is 0 Å². The first-order chi connectivity index (χ1) is 8.81. The lowest BCUT2D eigenvalue weighted by atomic mass is 9.93. The average Bonchev–Trinajstić information content (AvgIpc) is 2.88. The second-order valence-electron chi connectivity index (χ2n) is 5.41. The fourth-order valence-corrected chi connectivity index (χ4v) is 3.54. The van der Waals surface area contributed by atoms with Gasteiger partial charge in [-0.1, -0.05) is 66.7 Å². The van der Waals surface area contributed by atoms with Crippen molar-refractivity contribution in [3.63, 3.8) is 0 Å². The van der Waals surface area contributed by atoms with Crippen molar-refractivity contribution < 1.29 is 0 Å². The fourth-order valence-electron chi connectivity index (χ4n) is 2.98. The van der Waals surface area contributed by atoms with E-state index in [1.807, 2.05) is 0 Å². The molecule has 1 aromatic carbocycles. The van der Waals surface area contributed by atoms with Gasteiger partial charge < -0.3 is 5.32 Å². The van der Waals surface area contributed by atoms with Gasteiger partial charge in [0.15, 0.2) is 0 Å². The molecule has 1 aromatic rings. The van der Waals surface area contributed by atoms with E-state index in [2.05, 4.69) is 52.4 Å². The molecule has 0 bridgehead atoms. The lowest BCUT2D eigenvalue weighted by Crippen LogP contribution is -2.24. The molecule has 1 atom stereocenters. The van der Waals surface area contributed by atoms with E-state index in [-0.39, 0.29) is 0 Å². The minimum absolute atomic E-state index is 0.517. The summed E-state index contributed by atoms with van der Waals surface area (Å²) in [5.74, 6) is 0.923. The molecule has 0 heterocycles. The predicted octanol–water partition coefficient (Wildman–Crippen LogP) is 5.07. The first kappa shape index (κ1) is 14.1. The van der Waals surface area contributed by atoms with Crippen LogP contribution in [0.3, 0.4) is 0 Å². The summed E-state index contributed by atoms with van der Waals surface area (Å²) in [6, 6.07) is 9.18. The van der Waals surface area contributed by atoms with Crippen LogP contribution in [0.1, 0.15) is 57.1 Å². The summed E-state index contributed by atoms with van der Waals surface area (Å²) in [6.07, 6.45) is 8.21. The van der Waals surface area contributed by atoms with E-state index in [1.165, 1.54) is 48.6 Å². The Morgan fingerprint density at radius 3 is 2.67 bits per heavy atom. The first-order valence-electron chi connectivity index (χ1n) is 7.29. The number of rotatable bonds is 6. The Hall–Kier alpha value is -0.340. The first-order valence-corrected chi connectivity index (χ1v) is 8.08. The Balaban J connectivity index is 2.06. The zero-order valence-electron chi connectivity index (χ0n) is 11.3. The largest absolute Gasteiger partial charge is 0.310 e. The predicted molar refractivity (Wildman–Crippen MR) is 81.8 cm³/mol. The summed E-state index contributed by atoms with van der Waals surface area (Å²) in [4.78, 5) is 0. The molecule has 1 aliphatic rings. The third-order valence-electron chi connectivity index (χ3n) is 3.97. The van der Waals surface area contributed by atoms with Gasteiger partial charge in [0, 0.05) is 10.5 Å². The molecular weight excluding hydrogens is 286 g/mol. The van der Waals surface area contributed by atoms with Crippen molar-refractivity contribution in [3.05, 3.63) is 34.3 Å². The molecule has 1 N–H and O–H groups in total. The van der Waals surface area contributed by atoms with E-state index in [1.54, 1.807) is 0 Å². The van der Waals surface area contributed by atoms with Crippen molar-refractivity contribution >= 4 is 15.9 Å². The average molecular weight is 310 g/mol.